The van der Waals surface area contributed by atoms with Crippen LogP contribution in [0.4, 0.5) is 23.0 Å². The van der Waals surface area contributed by atoms with Crippen LogP contribution in [-0.2, 0) is 16.1 Å². The zero-order valence-corrected chi connectivity index (χ0v) is 21.8. The van der Waals surface area contributed by atoms with Crippen LogP contribution in [0, 0.1) is 6.92 Å². The molecule has 1 aliphatic rings. The van der Waals surface area contributed by atoms with Gasteiger partial charge in [-0.05, 0) is 32.7 Å². The summed E-state index contributed by atoms with van der Waals surface area (Å²) in [5.74, 6) is 1.29. The number of carbonyl (C=O) groups excluding carboxylic acids is 1. The lowest BCUT2D eigenvalue weighted by Gasteiger charge is -2.31. The molecule has 3 aromatic rings. The minimum atomic E-state index is -0.303. The minimum absolute atomic E-state index is 0.303. The molecular formula is C26H34N8O3. The highest BCUT2D eigenvalue weighted by Crippen LogP contribution is 2.38. The second-order valence-corrected chi connectivity index (χ2v) is 8.74. The number of amides is 1. The van der Waals surface area contributed by atoms with Crippen molar-refractivity contribution in [2.24, 2.45) is 0 Å². The van der Waals surface area contributed by atoms with Crippen molar-refractivity contribution in [3.05, 3.63) is 54.5 Å². The Morgan fingerprint density at radius 1 is 1.30 bits per heavy atom. The van der Waals surface area contributed by atoms with E-state index < -0.39 is 0 Å². The van der Waals surface area contributed by atoms with Gasteiger partial charge in [0.15, 0.2) is 5.82 Å². The number of aromatic nitrogens is 4. The van der Waals surface area contributed by atoms with Gasteiger partial charge in [-0.15, -0.1) is 0 Å². The second kappa shape index (κ2) is 11.8. The average molecular weight is 507 g/mol. The van der Waals surface area contributed by atoms with Crippen molar-refractivity contribution in [2.45, 2.75) is 20.4 Å². The van der Waals surface area contributed by atoms with Crippen molar-refractivity contribution in [2.75, 3.05) is 62.5 Å². The van der Waals surface area contributed by atoms with E-state index in [9.17, 15) is 4.79 Å². The van der Waals surface area contributed by atoms with Crippen LogP contribution in [0.1, 0.15) is 18.2 Å². The van der Waals surface area contributed by atoms with Crippen LogP contribution >= 0.6 is 0 Å². The number of hydrogen-bond acceptors (Lipinski definition) is 9. The van der Waals surface area contributed by atoms with Crippen LogP contribution in [0.5, 0.6) is 5.75 Å². The highest BCUT2D eigenvalue weighted by atomic mass is 16.5. The van der Waals surface area contributed by atoms with Crippen molar-refractivity contribution in [3.8, 4) is 11.6 Å². The van der Waals surface area contributed by atoms with Crippen molar-refractivity contribution in [3.63, 3.8) is 0 Å². The summed E-state index contributed by atoms with van der Waals surface area (Å²) in [4.78, 5) is 25.6. The number of rotatable bonds is 10. The van der Waals surface area contributed by atoms with Gasteiger partial charge in [-0.25, -0.2) is 9.67 Å². The molecule has 1 aliphatic heterocycles. The number of methoxy groups -OCH3 is 1. The van der Waals surface area contributed by atoms with E-state index in [0.717, 1.165) is 30.0 Å². The van der Waals surface area contributed by atoms with Gasteiger partial charge in [0.25, 0.3) is 0 Å². The Morgan fingerprint density at radius 2 is 2.08 bits per heavy atom. The van der Waals surface area contributed by atoms with Crippen molar-refractivity contribution >= 4 is 28.9 Å². The molecule has 1 saturated heterocycles. The van der Waals surface area contributed by atoms with E-state index >= 15 is 0 Å². The number of benzene rings is 1. The summed E-state index contributed by atoms with van der Waals surface area (Å²) in [5, 5.41) is 10.8. The lowest BCUT2D eigenvalue weighted by Crippen LogP contribution is -2.36. The van der Waals surface area contributed by atoms with Crippen LogP contribution in [-0.4, -0.2) is 77.6 Å². The van der Waals surface area contributed by atoms with Crippen LogP contribution < -0.4 is 20.3 Å². The van der Waals surface area contributed by atoms with Gasteiger partial charge in [-0.2, -0.15) is 10.1 Å². The molecule has 0 atom stereocenters. The van der Waals surface area contributed by atoms with E-state index in [2.05, 4.69) is 56.1 Å². The zero-order chi connectivity index (χ0) is 26.4. The molecule has 0 bridgehead atoms. The highest BCUT2D eigenvalue weighted by molar-refractivity contribution is 6.02. The molecule has 3 heterocycles. The van der Waals surface area contributed by atoms with E-state index in [1.165, 1.54) is 6.08 Å². The highest BCUT2D eigenvalue weighted by Gasteiger charge is 2.20. The van der Waals surface area contributed by atoms with Gasteiger partial charge >= 0.3 is 0 Å². The molecule has 0 spiro atoms. The first-order valence-electron chi connectivity index (χ1n) is 12.2. The fourth-order valence-electron chi connectivity index (χ4n) is 4.01. The fraction of sp³-hybridized carbons (Fsp3) is 0.385. The Labute approximate surface area is 217 Å². The molecule has 1 aromatic carbocycles. The third-order valence-corrected chi connectivity index (χ3v) is 6.22. The van der Waals surface area contributed by atoms with Crippen LogP contribution in [0.25, 0.3) is 5.82 Å². The number of ether oxygens (including phenoxy) is 2. The standard InChI is InChI=1S/C26H34N8O3/c1-6-25(35)28-20-14-21(23(36-5)15-22(20)33-10-12-37-13-11-33)29-26-27-9-8-24(30-26)34-17-19(18(3)31-34)16-32(4)7-2/h6,8-9,14-15,17H,1,7,10-13,16H2,2-5H3,(H,28,35)(H,27,29,30). The monoisotopic (exact) mass is 506 g/mol. The number of nitrogens with one attached hydrogen (secondary N) is 2. The molecule has 0 aliphatic carbocycles. The topological polar surface area (TPSA) is 110 Å². The number of carbonyl (C=O) groups is 1. The quantitative estimate of drug-likeness (QED) is 0.401. The number of nitrogens with zero attached hydrogens (tertiary/aromatic N) is 6. The molecule has 11 nitrogen and oxygen atoms in total. The Balaban J connectivity index is 1.64. The Bertz CT molecular complexity index is 1250. The van der Waals surface area contributed by atoms with Gasteiger partial charge in [0.05, 0.1) is 43.1 Å². The summed E-state index contributed by atoms with van der Waals surface area (Å²) < 4.78 is 12.9. The van der Waals surface area contributed by atoms with Crippen LogP contribution in [0.3, 0.4) is 0 Å². The van der Waals surface area contributed by atoms with Crippen LogP contribution in [0.15, 0.2) is 43.2 Å². The summed E-state index contributed by atoms with van der Waals surface area (Å²) in [6.07, 6.45) is 4.91. The first-order valence-corrected chi connectivity index (χ1v) is 12.2. The van der Waals surface area contributed by atoms with E-state index in [-0.39, 0.29) is 5.91 Å². The van der Waals surface area contributed by atoms with Crippen molar-refractivity contribution < 1.29 is 14.3 Å². The fourth-order valence-corrected chi connectivity index (χ4v) is 4.01. The molecule has 2 N–H and O–H groups in total. The summed E-state index contributed by atoms with van der Waals surface area (Å²) >= 11 is 0. The molecule has 1 fully saturated rings. The van der Waals surface area contributed by atoms with Gasteiger partial charge in [0.2, 0.25) is 11.9 Å². The van der Waals surface area contributed by atoms with E-state index in [0.29, 0.717) is 55.2 Å². The van der Waals surface area contributed by atoms with E-state index in [1.807, 2.05) is 25.3 Å². The summed E-state index contributed by atoms with van der Waals surface area (Å²) in [6, 6.07) is 5.51. The molecule has 0 unspecified atom stereocenters. The molecule has 1 amide bonds. The molecule has 0 saturated carbocycles. The minimum Gasteiger partial charge on any atom is -0.494 e. The predicted molar refractivity (Wildman–Crippen MR) is 144 cm³/mol. The summed E-state index contributed by atoms with van der Waals surface area (Å²) in [7, 11) is 3.68. The lowest BCUT2D eigenvalue weighted by atomic mass is 10.1. The Morgan fingerprint density at radius 3 is 2.78 bits per heavy atom. The second-order valence-electron chi connectivity index (χ2n) is 8.74. The zero-order valence-electron chi connectivity index (χ0n) is 21.8. The van der Waals surface area contributed by atoms with Crippen molar-refractivity contribution in [1.29, 1.82) is 0 Å². The lowest BCUT2D eigenvalue weighted by molar-refractivity contribution is -0.111. The predicted octanol–water partition coefficient (Wildman–Crippen LogP) is 3.14. The Hall–Kier alpha value is -3.96. The molecule has 11 heteroatoms. The van der Waals surface area contributed by atoms with Crippen molar-refractivity contribution in [1.82, 2.24) is 24.6 Å². The first kappa shape index (κ1) is 26.1. The third-order valence-electron chi connectivity index (χ3n) is 6.22. The van der Waals surface area contributed by atoms with Gasteiger partial charge in [-0.3, -0.25) is 4.79 Å². The SMILES string of the molecule is C=CC(=O)Nc1cc(Nc2nccc(-n3cc(CN(C)CC)c(C)n3)n2)c(OC)cc1N1CCOCC1. The summed E-state index contributed by atoms with van der Waals surface area (Å²) in [5.41, 5.74) is 4.17. The maximum atomic E-state index is 12.2. The largest absolute Gasteiger partial charge is 0.494 e. The van der Waals surface area contributed by atoms with Crippen LogP contribution in [0.2, 0.25) is 0 Å². The molecule has 196 valence electrons. The van der Waals surface area contributed by atoms with E-state index in [4.69, 9.17) is 9.47 Å². The third kappa shape index (κ3) is 6.25. The molecule has 2 aromatic heterocycles. The molecule has 0 radical (unpaired) electrons. The maximum absolute atomic E-state index is 12.2. The Kier molecular flexibility index (Phi) is 8.36. The number of anilines is 4. The average Bonchev–Trinajstić information content (AvgIpc) is 3.29. The smallest absolute Gasteiger partial charge is 0.247 e. The normalized spacial score (nSPS) is 13.5. The van der Waals surface area contributed by atoms with Gasteiger partial charge < -0.3 is 29.9 Å². The van der Waals surface area contributed by atoms with Gasteiger partial charge in [0, 0.05) is 49.7 Å². The maximum Gasteiger partial charge on any atom is 0.247 e. The first-order chi connectivity index (χ1) is 17.9. The van der Waals surface area contributed by atoms with Gasteiger partial charge in [-0.1, -0.05) is 13.5 Å². The molecule has 37 heavy (non-hydrogen) atoms. The number of hydrogen-bond donors (Lipinski definition) is 2. The van der Waals surface area contributed by atoms with Gasteiger partial charge in [0.1, 0.15) is 5.75 Å². The molecular weight excluding hydrogens is 472 g/mol. The molecule has 4 rings (SSSR count). The number of aryl methyl sites for hydroxylation is 1. The van der Waals surface area contributed by atoms with E-state index in [1.54, 1.807) is 24.1 Å². The number of morpholine rings is 1. The summed E-state index contributed by atoms with van der Waals surface area (Å²) in [6.45, 7) is 12.1.